The lowest BCUT2D eigenvalue weighted by Gasteiger charge is -2.19. The van der Waals surface area contributed by atoms with Crippen molar-refractivity contribution < 1.29 is 37.6 Å². The molecule has 0 amide bonds. The van der Waals surface area contributed by atoms with Crippen LogP contribution < -0.4 is 5.73 Å². The van der Waals surface area contributed by atoms with Crippen molar-refractivity contribution in [2.24, 2.45) is 5.73 Å². The van der Waals surface area contributed by atoms with Gasteiger partial charge in [-0.15, -0.1) is 0 Å². The first kappa shape index (κ1) is 94.6. The molecule has 9 nitrogen and oxygen atoms in total. The molecule has 0 bridgehead atoms. The van der Waals surface area contributed by atoms with Crippen molar-refractivity contribution >= 4 is 19.8 Å². The summed E-state index contributed by atoms with van der Waals surface area (Å²) < 4.78 is 33.3. The smallest absolute Gasteiger partial charge is 0.462 e. The average molecular weight is 1400 g/mol. The summed E-state index contributed by atoms with van der Waals surface area (Å²) in [5.41, 5.74) is 5.42. The second kappa shape index (κ2) is 82.6. The molecule has 0 heterocycles. The first-order valence-corrected chi connectivity index (χ1v) is 42.5. The van der Waals surface area contributed by atoms with Crippen LogP contribution in [0.4, 0.5) is 0 Å². The Labute approximate surface area is 610 Å². The molecule has 0 saturated heterocycles. The van der Waals surface area contributed by atoms with Crippen molar-refractivity contribution in [3.05, 3.63) is 158 Å². The Balaban J connectivity index is 3.86. The number of carbonyl (C=O) groups is 2. The quantitative estimate of drug-likeness (QED) is 0.0264. The first-order valence-electron chi connectivity index (χ1n) is 41.0. The topological polar surface area (TPSA) is 134 Å². The highest BCUT2D eigenvalue weighted by Crippen LogP contribution is 2.43. The molecule has 3 N–H and O–H groups in total. The minimum absolute atomic E-state index is 0.0465. The van der Waals surface area contributed by atoms with Crippen molar-refractivity contribution in [1.82, 2.24) is 0 Å². The monoisotopic (exact) mass is 1390 g/mol. The zero-order chi connectivity index (χ0) is 71.5. The summed E-state index contributed by atoms with van der Waals surface area (Å²) in [6.45, 7) is 3.63. The van der Waals surface area contributed by atoms with Gasteiger partial charge in [-0.3, -0.25) is 18.6 Å². The Morgan fingerprint density at radius 1 is 0.313 bits per heavy atom. The predicted octanol–water partition coefficient (Wildman–Crippen LogP) is 27.9. The lowest BCUT2D eigenvalue weighted by atomic mass is 10.0. The van der Waals surface area contributed by atoms with Gasteiger partial charge in [0.1, 0.15) is 6.61 Å². The lowest BCUT2D eigenvalue weighted by molar-refractivity contribution is -0.161. The van der Waals surface area contributed by atoms with Gasteiger partial charge in [-0.2, -0.15) is 0 Å². The van der Waals surface area contributed by atoms with Gasteiger partial charge in [0.25, 0.3) is 0 Å². The van der Waals surface area contributed by atoms with Crippen LogP contribution in [0.5, 0.6) is 0 Å². The van der Waals surface area contributed by atoms with E-state index in [4.69, 9.17) is 24.3 Å². The van der Waals surface area contributed by atoms with Crippen LogP contribution in [0.3, 0.4) is 0 Å². The molecule has 0 aliphatic rings. The van der Waals surface area contributed by atoms with E-state index in [1.54, 1.807) is 0 Å². The van der Waals surface area contributed by atoms with E-state index in [9.17, 15) is 19.0 Å². The number of allylic oxidation sites excluding steroid dienone is 26. The Morgan fingerprint density at radius 3 is 0.828 bits per heavy atom. The van der Waals surface area contributed by atoms with Crippen molar-refractivity contribution in [1.29, 1.82) is 0 Å². The fourth-order valence-corrected chi connectivity index (χ4v) is 12.1. The standard InChI is InChI=1S/C89H152NO8P/c1-3-5-7-9-11-13-15-17-19-21-23-25-27-29-31-33-35-37-39-41-43-45-47-49-51-53-55-57-59-61-63-65-67-69-71-73-75-77-79-81-88(91)95-85-87(86-97-99(93,94)96-84-83-90)98-89(92)82-80-78-76-74-72-70-68-66-64-62-60-58-56-54-52-50-48-46-44-42-40-38-36-34-32-30-28-26-24-22-20-18-16-14-12-10-8-6-4-2/h6,8,12,14-15,17-18,20-21,23-24,26-27,29-30,32,36,38,42,44,48,50,54,56,60,62,87H,3-5,7,9-11,13,16,19,22,25,28,31,33-35,37,39-41,43,45-47,49,51-53,55,57-59,61,63-86,90H2,1-2H3,(H,93,94)/b8-6-,14-12-,17-15-,20-18-,23-21-,26-24-,29-27-,32-30-,38-36-,44-42-,50-48-,56-54-,62-60-. The number of carbonyl (C=O) groups excluding carboxylic acids is 2. The summed E-state index contributed by atoms with van der Waals surface area (Å²) in [6, 6.07) is 0. The zero-order valence-electron chi connectivity index (χ0n) is 63.9. The maximum atomic E-state index is 12.8. The molecule has 10 heteroatoms. The maximum Gasteiger partial charge on any atom is 0.472 e. The predicted molar refractivity (Wildman–Crippen MR) is 431 cm³/mol. The van der Waals surface area contributed by atoms with Crippen LogP contribution in [-0.4, -0.2) is 49.3 Å². The van der Waals surface area contributed by atoms with Crippen LogP contribution in [0.2, 0.25) is 0 Å². The number of phosphoric acid groups is 1. The van der Waals surface area contributed by atoms with E-state index < -0.39 is 26.5 Å². The number of nitrogens with two attached hydrogens (primary N) is 1. The highest BCUT2D eigenvalue weighted by atomic mass is 31.2. The van der Waals surface area contributed by atoms with Crippen LogP contribution in [0, 0.1) is 0 Å². The molecule has 0 rings (SSSR count). The number of hydrogen-bond acceptors (Lipinski definition) is 8. The number of phosphoric ester groups is 1. The summed E-state index contributed by atoms with van der Waals surface area (Å²) >= 11 is 0. The van der Waals surface area contributed by atoms with Gasteiger partial charge in [-0.1, -0.05) is 377 Å². The molecule has 2 atom stereocenters. The fraction of sp³-hybridized carbons (Fsp3) is 0.685. The van der Waals surface area contributed by atoms with Gasteiger partial charge >= 0.3 is 19.8 Å². The van der Waals surface area contributed by atoms with E-state index in [1.807, 2.05) is 0 Å². The largest absolute Gasteiger partial charge is 0.472 e. The van der Waals surface area contributed by atoms with Gasteiger partial charge in [0.15, 0.2) is 6.10 Å². The highest BCUT2D eigenvalue weighted by Gasteiger charge is 2.26. The first-order chi connectivity index (χ1) is 48.8. The molecule has 2 unspecified atom stereocenters. The van der Waals surface area contributed by atoms with E-state index in [-0.39, 0.29) is 38.6 Å². The van der Waals surface area contributed by atoms with E-state index >= 15 is 0 Å². The van der Waals surface area contributed by atoms with Crippen molar-refractivity contribution in [2.75, 3.05) is 26.4 Å². The minimum Gasteiger partial charge on any atom is -0.462 e. The third-order valence-electron chi connectivity index (χ3n) is 17.4. The van der Waals surface area contributed by atoms with Crippen LogP contribution in [0.15, 0.2) is 158 Å². The second-order valence-corrected chi connectivity index (χ2v) is 28.4. The zero-order valence-corrected chi connectivity index (χ0v) is 64.8. The Kier molecular flexibility index (Phi) is 78.9. The maximum absolute atomic E-state index is 12.8. The third kappa shape index (κ3) is 82.5. The van der Waals surface area contributed by atoms with Crippen LogP contribution >= 0.6 is 7.82 Å². The van der Waals surface area contributed by atoms with E-state index in [0.717, 1.165) is 122 Å². The summed E-state index contributed by atoms with van der Waals surface area (Å²) in [4.78, 5) is 35.5. The molecule has 0 fully saturated rings. The molecule has 0 spiro atoms. The van der Waals surface area contributed by atoms with Crippen LogP contribution in [0.1, 0.15) is 361 Å². The number of unbranched alkanes of at least 4 members (excludes halogenated alkanes) is 37. The average Bonchev–Trinajstić information content (AvgIpc) is 1.35. The van der Waals surface area contributed by atoms with Gasteiger partial charge in [0.05, 0.1) is 13.2 Å². The van der Waals surface area contributed by atoms with Crippen molar-refractivity contribution in [2.45, 2.75) is 367 Å². The second-order valence-electron chi connectivity index (χ2n) is 26.9. The molecule has 566 valence electrons. The highest BCUT2D eigenvalue weighted by molar-refractivity contribution is 7.47. The number of rotatable bonds is 76. The molecule has 0 radical (unpaired) electrons. The van der Waals surface area contributed by atoms with E-state index in [2.05, 4.69) is 172 Å². The molecule has 99 heavy (non-hydrogen) atoms. The summed E-state index contributed by atoms with van der Waals surface area (Å²) in [6.07, 6.45) is 121. The van der Waals surface area contributed by atoms with Gasteiger partial charge in [0, 0.05) is 19.4 Å². The Bertz CT molecular complexity index is 2190. The van der Waals surface area contributed by atoms with E-state index in [0.29, 0.717) is 6.42 Å². The number of esters is 2. The number of ether oxygens (including phenoxy) is 2. The molecule has 0 aromatic rings. The van der Waals surface area contributed by atoms with Crippen LogP contribution in [-0.2, 0) is 32.7 Å². The SMILES string of the molecule is CC/C=C\C/C=C\C/C=C\C/C=C\C/C=C\C/C=C\C/C=C\C/C=C\C/C=C\C/C=C\CCCCCCCCCCC(=O)OC(COC(=O)CCCCCCCCCCCCCCCCCCCCCCCCCC/C=C\C/C=C\C/C=C\CCCCCCC)COP(=O)(O)OCCN. The summed E-state index contributed by atoms with van der Waals surface area (Å²) in [7, 11) is -4.41. The molecule has 0 saturated carbocycles. The Morgan fingerprint density at radius 2 is 0.556 bits per heavy atom. The van der Waals surface area contributed by atoms with Crippen molar-refractivity contribution in [3.63, 3.8) is 0 Å². The molecular formula is C89H152NO8P. The molecule has 0 aromatic heterocycles. The van der Waals surface area contributed by atoms with Gasteiger partial charge in [0.2, 0.25) is 0 Å². The molecule has 0 aliphatic carbocycles. The number of hydrogen-bond donors (Lipinski definition) is 2. The summed E-state index contributed by atoms with van der Waals surface area (Å²) in [5, 5.41) is 0. The fourth-order valence-electron chi connectivity index (χ4n) is 11.4. The van der Waals surface area contributed by atoms with Crippen molar-refractivity contribution in [3.8, 4) is 0 Å². The minimum atomic E-state index is -4.41. The van der Waals surface area contributed by atoms with Gasteiger partial charge in [-0.25, -0.2) is 4.57 Å². The normalized spacial score (nSPS) is 13.7. The van der Waals surface area contributed by atoms with Gasteiger partial charge < -0.3 is 20.1 Å². The van der Waals surface area contributed by atoms with E-state index in [1.165, 1.54) is 205 Å². The molecular weight excluding hydrogens is 1240 g/mol. The Hall–Kier alpha value is -4.37. The van der Waals surface area contributed by atoms with Gasteiger partial charge in [-0.05, 0) is 128 Å². The summed E-state index contributed by atoms with van der Waals surface area (Å²) in [5.74, 6) is -0.833. The molecule has 0 aromatic carbocycles. The third-order valence-corrected chi connectivity index (χ3v) is 18.4. The molecule has 0 aliphatic heterocycles. The van der Waals surface area contributed by atoms with Crippen LogP contribution in [0.25, 0.3) is 0 Å². The lowest BCUT2D eigenvalue weighted by Crippen LogP contribution is -2.29.